The van der Waals surface area contributed by atoms with E-state index in [0.29, 0.717) is 38.5 Å². The highest BCUT2D eigenvalue weighted by molar-refractivity contribution is 5.88. The number of benzene rings is 2. The second-order valence-electron chi connectivity index (χ2n) is 10.4. The highest BCUT2D eigenvalue weighted by Crippen LogP contribution is 2.19. The number of hydrogen-bond acceptors (Lipinski definition) is 7. The zero-order valence-corrected chi connectivity index (χ0v) is 26.5. The molecule has 0 aliphatic carbocycles. The van der Waals surface area contributed by atoms with Gasteiger partial charge in [-0.15, -0.1) is 0 Å². The third-order valence-electron chi connectivity index (χ3n) is 5.91. The maximum absolute atomic E-state index is 12.7. The normalized spacial score (nSPS) is 17.8. The lowest BCUT2D eigenvalue weighted by molar-refractivity contribution is -0.128. The minimum atomic E-state index is -0.601. The summed E-state index contributed by atoms with van der Waals surface area (Å²) in [5, 5.41) is 21.1. The summed E-state index contributed by atoms with van der Waals surface area (Å²) in [5.74, 6) is 0.841. The van der Waals surface area contributed by atoms with Crippen molar-refractivity contribution in [1.82, 2.24) is 26.2 Å². The molecule has 0 saturated heterocycles. The molecule has 9 heteroatoms. The van der Waals surface area contributed by atoms with Crippen LogP contribution in [0.3, 0.4) is 0 Å². The van der Waals surface area contributed by atoms with Crippen molar-refractivity contribution in [3.63, 3.8) is 0 Å². The van der Waals surface area contributed by atoms with Crippen LogP contribution < -0.4 is 26.0 Å². The number of aromatic hydroxyl groups is 1. The van der Waals surface area contributed by atoms with Gasteiger partial charge >= 0.3 is 0 Å². The molecule has 1 unspecified atom stereocenters. The molecule has 1 atom stereocenters. The molecule has 0 aromatic heterocycles. The van der Waals surface area contributed by atoms with Crippen LogP contribution in [0.1, 0.15) is 51.2 Å². The fourth-order valence-electron chi connectivity index (χ4n) is 3.92. The molecule has 0 fully saturated rings. The van der Waals surface area contributed by atoms with E-state index < -0.39 is 6.04 Å². The molecule has 0 radical (unpaired) electrons. The molecule has 1 aliphatic heterocycles. The number of rotatable bonds is 3. The van der Waals surface area contributed by atoms with Crippen LogP contribution in [0.4, 0.5) is 0 Å². The number of amides is 2. The summed E-state index contributed by atoms with van der Waals surface area (Å²) in [5.41, 5.74) is 3.25. The molecular weight excluding hydrogens is 530 g/mol. The average molecular weight is 584 g/mol. The van der Waals surface area contributed by atoms with Gasteiger partial charge in [0.1, 0.15) is 24.1 Å². The van der Waals surface area contributed by atoms with E-state index in [2.05, 4.69) is 54.2 Å². The number of allylic oxidation sites excluding steroid dienone is 1. The van der Waals surface area contributed by atoms with Gasteiger partial charge in [0.2, 0.25) is 11.8 Å². The largest absolute Gasteiger partial charge is 0.508 e. The van der Waals surface area contributed by atoms with Crippen molar-refractivity contribution in [2.75, 3.05) is 53.4 Å². The van der Waals surface area contributed by atoms with E-state index >= 15 is 0 Å². The van der Waals surface area contributed by atoms with Crippen molar-refractivity contribution in [3.8, 4) is 11.5 Å². The van der Waals surface area contributed by atoms with Crippen LogP contribution in [-0.2, 0) is 16.0 Å². The van der Waals surface area contributed by atoms with E-state index in [-0.39, 0.29) is 18.4 Å². The lowest BCUT2D eigenvalue weighted by Gasteiger charge is -2.22. The first-order valence-electron chi connectivity index (χ1n) is 15.0. The van der Waals surface area contributed by atoms with E-state index in [1.54, 1.807) is 12.1 Å². The van der Waals surface area contributed by atoms with Gasteiger partial charge in [-0.25, -0.2) is 0 Å². The van der Waals surface area contributed by atoms with E-state index in [1.807, 2.05) is 56.3 Å². The first-order valence-corrected chi connectivity index (χ1v) is 15.0. The Kier molecular flexibility index (Phi) is 19.2. The SMILES string of the molecule is CC/C=C1/CNCCOc2ccccc2CCCNC(=O)C(CN(C)C)NC(=O)CN1.CCC.Cc1ccc(O)cc1. The van der Waals surface area contributed by atoms with Crippen molar-refractivity contribution in [1.29, 1.82) is 0 Å². The number of phenols is 1. The van der Waals surface area contributed by atoms with Crippen molar-refractivity contribution >= 4 is 11.8 Å². The summed E-state index contributed by atoms with van der Waals surface area (Å²) in [6, 6.07) is 14.5. The first kappa shape index (κ1) is 36.5. The Morgan fingerprint density at radius 3 is 2.31 bits per heavy atom. The molecule has 42 heavy (non-hydrogen) atoms. The zero-order valence-electron chi connectivity index (χ0n) is 26.5. The summed E-state index contributed by atoms with van der Waals surface area (Å²) in [6.07, 6.45) is 5.77. The summed E-state index contributed by atoms with van der Waals surface area (Å²) in [7, 11) is 3.77. The van der Waals surface area contributed by atoms with Crippen LogP contribution in [0.5, 0.6) is 11.5 Å². The number of fused-ring (bicyclic) bond motifs is 1. The van der Waals surface area contributed by atoms with Crippen LogP contribution in [0.15, 0.2) is 60.3 Å². The minimum absolute atomic E-state index is 0.120. The van der Waals surface area contributed by atoms with Crippen molar-refractivity contribution in [2.45, 2.75) is 59.4 Å². The Labute approximate surface area is 253 Å². The van der Waals surface area contributed by atoms with Crippen molar-refractivity contribution in [2.24, 2.45) is 0 Å². The number of hydrogen-bond donors (Lipinski definition) is 5. The highest BCUT2D eigenvalue weighted by atomic mass is 16.5. The molecule has 0 bridgehead atoms. The molecule has 2 aromatic rings. The third kappa shape index (κ3) is 16.6. The molecule has 0 spiro atoms. The fourth-order valence-corrected chi connectivity index (χ4v) is 3.92. The molecule has 2 amide bonds. The second-order valence-corrected chi connectivity index (χ2v) is 10.4. The van der Waals surface area contributed by atoms with Gasteiger partial charge in [0.05, 0.1) is 6.54 Å². The number of nitrogens with zero attached hydrogens (tertiary/aromatic N) is 1. The second kappa shape index (κ2) is 22.1. The monoisotopic (exact) mass is 583 g/mol. The number of nitrogens with one attached hydrogen (secondary N) is 4. The Hall–Kier alpha value is -3.56. The van der Waals surface area contributed by atoms with E-state index in [1.165, 1.54) is 12.0 Å². The summed E-state index contributed by atoms with van der Waals surface area (Å²) >= 11 is 0. The van der Waals surface area contributed by atoms with Gasteiger partial charge in [-0.2, -0.15) is 0 Å². The molecule has 5 N–H and O–H groups in total. The molecule has 1 heterocycles. The van der Waals surface area contributed by atoms with Gasteiger partial charge in [0.25, 0.3) is 0 Å². The predicted octanol–water partition coefficient (Wildman–Crippen LogP) is 3.76. The van der Waals surface area contributed by atoms with Crippen LogP contribution in [-0.4, -0.2) is 81.3 Å². The van der Waals surface area contributed by atoms with Gasteiger partial charge in [-0.05, 0) is 64.0 Å². The Bertz CT molecular complexity index is 1040. The molecular formula is C33H53N5O4. The van der Waals surface area contributed by atoms with Gasteiger partial charge in [0.15, 0.2) is 0 Å². The summed E-state index contributed by atoms with van der Waals surface area (Å²) in [4.78, 5) is 27.0. The van der Waals surface area contributed by atoms with E-state index in [4.69, 9.17) is 9.84 Å². The fraction of sp³-hybridized carbons (Fsp3) is 0.515. The van der Waals surface area contributed by atoms with Gasteiger partial charge in [-0.1, -0.05) is 69.2 Å². The smallest absolute Gasteiger partial charge is 0.243 e. The highest BCUT2D eigenvalue weighted by Gasteiger charge is 2.21. The number of carbonyl (C=O) groups is 2. The van der Waals surface area contributed by atoms with Gasteiger partial charge < -0.3 is 36.0 Å². The zero-order chi connectivity index (χ0) is 31.2. The predicted molar refractivity (Wildman–Crippen MR) is 172 cm³/mol. The lowest BCUT2D eigenvalue weighted by atomic mass is 10.1. The maximum atomic E-state index is 12.7. The summed E-state index contributed by atoms with van der Waals surface area (Å²) in [6.45, 7) is 11.3. The molecule has 3 rings (SSSR count). The number of carbonyl (C=O) groups excluding carboxylic acids is 2. The third-order valence-corrected chi connectivity index (χ3v) is 5.91. The number of ether oxygens (including phenoxy) is 1. The maximum Gasteiger partial charge on any atom is 0.243 e. The Morgan fingerprint density at radius 2 is 1.67 bits per heavy atom. The number of aryl methyl sites for hydroxylation is 2. The van der Waals surface area contributed by atoms with Crippen molar-refractivity contribution in [3.05, 3.63) is 71.4 Å². The number of para-hydroxylation sites is 1. The standard InChI is InChI=1S/C23H37N5O3.C7H8O.C3H8/c1-4-8-19-15-24-13-14-31-21-11-6-5-9-18(21)10-7-12-25-23(30)20(17-28(2)3)27-22(29)16-26-19;1-6-2-4-7(8)5-3-6;1-3-2/h5-6,8-9,11,20,24,26H,4,7,10,12-17H2,1-3H3,(H,25,30)(H,27,29);2-5,8H,1H3;3H2,1-2H3/b19-8-;;. The van der Waals surface area contributed by atoms with Crippen LogP contribution >= 0.6 is 0 Å². The lowest BCUT2D eigenvalue weighted by Crippen LogP contribution is -2.53. The first-order chi connectivity index (χ1) is 20.2. The van der Waals surface area contributed by atoms with Crippen LogP contribution in [0.2, 0.25) is 0 Å². The number of likely N-dealkylation sites (N-methyl/N-ethyl adjacent to an activating group) is 1. The van der Waals surface area contributed by atoms with Crippen LogP contribution in [0, 0.1) is 6.92 Å². The molecule has 234 valence electrons. The minimum Gasteiger partial charge on any atom is -0.508 e. The summed E-state index contributed by atoms with van der Waals surface area (Å²) < 4.78 is 5.97. The topological polar surface area (TPSA) is 115 Å². The van der Waals surface area contributed by atoms with E-state index in [9.17, 15) is 9.59 Å². The molecule has 1 aliphatic rings. The quantitative estimate of drug-likeness (QED) is 0.374. The molecule has 2 aromatic carbocycles. The molecule has 0 saturated carbocycles. The average Bonchev–Trinajstić information content (AvgIpc) is 2.95. The van der Waals surface area contributed by atoms with Crippen molar-refractivity contribution < 1.29 is 19.4 Å². The van der Waals surface area contributed by atoms with Gasteiger partial charge in [-0.3, -0.25) is 9.59 Å². The van der Waals surface area contributed by atoms with Gasteiger partial charge in [0, 0.05) is 31.9 Å². The van der Waals surface area contributed by atoms with E-state index in [0.717, 1.165) is 36.3 Å². The Morgan fingerprint density at radius 1 is 0.976 bits per heavy atom. The number of phenolic OH excluding ortho intramolecular Hbond substituents is 1. The molecule has 9 nitrogen and oxygen atoms in total. The van der Waals surface area contributed by atoms with Crippen LogP contribution in [0.25, 0.3) is 0 Å². The Balaban J connectivity index is 0.000000671.